The number of hydrogen-bond donors (Lipinski definition) is 2. The number of phenols is 1. The first-order valence-corrected chi connectivity index (χ1v) is 6.42. The second kappa shape index (κ2) is 6.26. The predicted octanol–water partition coefficient (Wildman–Crippen LogP) is 2.74. The zero-order valence-electron chi connectivity index (χ0n) is 10.8. The van der Waals surface area contributed by atoms with Crippen LogP contribution in [0.25, 0.3) is 0 Å². The molecule has 3 heteroatoms. The predicted molar refractivity (Wildman–Crippen MR) is 73.6 cm³/mol. The molecule has 2 aromatic rings. The molecule has 0 saturated heterocycles. The Kier molecular flexibility index (Phi) is 4.42. The molecular formula is C15H20N2O. The van der Waals surface area contributed by atoms with Gasteiger partial charge in [0.2, 0.25) is 0 Å². The van der Waals surface area contributed by atoms with Gasteiger partial charge >= 0.3 is 0 Å². The second-order valence-corrected chi connectivity index (χ2v) is 4.47. The molecule has 0 atom stereocenters. The van der Waals surface area contributed by atoms with E-state index in [-0.39, 0.29) is 0 Å². The zero-order valence-corrected chi connectivity index (χ0v) is 10.8. The molecule has 2 rings (SSSR count). The Bertz CT molecular complexity index is 491. The summed E-state index contributed by atoms with van der Waals surface area (Å²) in [5.74, 6) is 0.324. The average Bonchev–Trinajstić information content (AvgIpc) is 2.77. The largest absolute Gasteiger partial charge is 0.508 e. The Hall–Kier alpha value is -1.74. The van der Waals surface area contributed by atoms with Gasteiger partial charge in [0.05, 0.1) is 0 Å². The minimum absolute atomic E-state index is 0.324. The molecule has 0 unspecified atom stereocenters. The Morgan fingerprint density at radius 1 is 1.22 bits per heavy atom. The third-order valence-electron chi connectivity index (χ3n) is 2.92. The van der Waals surface area contributed by atoms with Gasteiger partial charge in [-0.25, -0.2) is 0 Å². The maximum atomic E-state index is 9.46. The molecule has 18 heavy (non-hydrogen) atoms. The molecule has 1 aromatic heterocycles. The number of hydrogen-bond acceptors (Lipinski definition) is 2. The van der Waals surface area contributed by atoms with Crippen molar-refractivity contribution in [2.45, 2.75) is 26.4 Å². The van der Waals surface area contributed by atoms with Gasteiger partial charge < -0.3 is 15.0 Å². The summed E-state index contributed by atoms with van der Waals surface area (Å²) in [6.45, 7) is 4.89. The molecule has 96 valence electrons. The Balaban J connectivity index is 2.03. The van der Waals surface area contributed by atoms with Gasteiger partial charge in [-0.05, 0) is 42.8 Å². The van der Waals surface area contributed by atoms with Crippen LogP contribution in [-0.4, -0.2) is 16.2 Å². The summed E-state index contributed by atoms with van der Waals surface area (Å²) in [6.07, 6.45) is 3.22. The van der Waals surface area contributed by atoms with Gasteiger partial charge in [-0.2, -0.15) is 0 Å². The van der Waals surface area contributed by atoms with Crippen LogP contribution in [0.3, 0.4) is 0 Å². The number of nitrogens with one attached hydrogen (secondary N) is 1. The van der Waals surface area contributed by atoms with Crippen molar-refractivity contribution in [1.82, 2.24) is 9.88 Å². The second-order valence-electron chi connectivity index (χ2n) is 4.47. The molecule has 1 aromatic carbocycles. The van der Waals surface area contributed by atoms with E-state index in [2.05, 4.69) is 35.1 Å². The minimum atomic E-state index is 0.324. The minimum Gasteiger partial charge on any atom is -0.508 e. The van der Waals surface area contributed by atoms with Gasteiger partial charge in [0.15, 0.2) is 0 Å². The Morgan fingerprint density at radius 2 is 2.11 bits per heavy atom. The molecular weight excluding hydrogens is 224 g/mol. The van der Waals surface area contributed by atoms with Crippen molar-refractivity contribution in [2.75, 3.05) is 6.54 Å². The number of phenolic OH excluding ortho intramolecular Hbond substituents is 1. The molecule has 0 spiro atoms. The fourth-order valence-corrected chi connectivity index (χ4v) is 2.01. The van der Waals surface area contributed by atoms with Crippen molar-refractivity contribution in [3.8, 4) is 5.75 Å². The summed E-state index contributed by atoms with van der Waals surface area (Å²) in [4.78, 5) is 0. The maximum absolute atomic E-state index is 9.46. The first-order valence-electron chi connectivity index (χ1n) is 6.42. The summed E-state index contributed by atoms with van der Waals surface area (Å²) >= 11 is 0. The fraction of sp³-hybridized carbons (Fsp3) is 0.333. The Labute approximate surface area is 108 Å². The van der Waals surface area contributed by atoms with Crippen LogP contribution in [0, 0.1) is 0 Å². The zero-order chi connectivity index (χ0) is 12.8. The SMILES string of the molecule is CCCNCc1cccn1Cc1cccc(O)c1. The third kappa shape index (κ3) is 3.37. The molecule has 0 aliphatic carbocycles. The molecule has 3 nitrogen and oxygen atoms in total. The van der Waals surface area contributed by atoms with Gasteiger partial charge in [-0.15, -0.1) is 0 Å². The highest BCUT2D eigenvalue weighted by atomic mass is 16.3. The first kappa shape index (κ1) is 12.7. The summed E-state index contributed by atoms with van der Waals surface area (Å²) in [5, 5.41) is 12.9. The molecule has 0 saturated carbocycles. The van der Waals surface area contributed by atoms with Crippen molar-refractivity contribution in [2.24, 2.45) is 0 Å². The summed E-state index contributed by atoms with van der Waals surface area (Å²) < 4.78 is 2.21. The molecule has 2 N–H and O–H groups in total. The van der Waals surface area contributed by atoms with Gasteiger partial charge in [0.1, 0.15) is 5.75 Å². The van der Waals surface area contributed by atoms with Crippen LogP contribution < -0.4 is 5.32 Å². The van der Waals surface area contributed by atoms with E-state index in [1.807, 2.05) is 18.2 Å². The Morgan fingerprint density at radius 3 is 2.89 bits per heavy atom. The number of aromatic hydroxyl groups is 1. The monoisotopic (exact) mass is 244 g/mol. The molecule has 0 bridgehead atoms. The first-order chi connectivity index (χ1) is 8.79. The lowest BCUT2D eigenvalue weighted by molar-refractivity contribution is 0.474. The normalized spacial score (nSPS) is 10.7. The van der Waals surface area contributed by atoms with Crippen LogP contribution in [0.5, 0.6) is 5.75 Å². The van der Waals surface area contributed by atoms with Gasteiger partial charge in [0.25, 0.3) is 0 Å². The number of nitrogens with zero attached hydrogens (tertiary/aromatic N) is 1. The standard InChI is InChI=1S/C15H20N2O/c1-2-8-16-11-14-6-4-9-17(14)12-13-5-3-7-15(18)10-13/h3-7,9-10,16,18H,2,8,11-12H2,1H3. The summed E-state index contributed by atoms with van der Waals surface area (Å²) in [6, 6.07) is 11.6. The third-order valence-corrected chi connectivity index (χ3v) is 2.92. The van der Waals surface area contributed by atoms with E-state index in [9.17, 15) is 5.11 Å². The van der Waals surface area contributed by atoms with Gasteiger partial charge in [-0.1, -0.05) is 19.1 Å². The fourth-order valence-electron chi connectivity index (χ4n) is 2.01. The van der Waals surface area contributed by atoms with Crippen LogP contribution in [0.1, 0.15) is 24.6 Å². The highest BCUT2D eigenvalue weighted by molar-refractivity contribution is 5.27. The van der Waals surface area contributed by atoms with Gasteiger partial charge in [-0.3, -0.25) is 0 Å². The molecule has 0 fully saturated rings. The van der Waals surface area contributed by atoms with Crippen LogP contribution in [-0.2, 0) is 13.1 Å². The van der Waals surface area contributed by atoms with E-state index in [0.717, 1.165) is 31.6 Å². The highest BCUT2D eigenvalue weighted by Gasteiger charge is 2.02. The van der Waals surface area contributed by atoms with Crippen molar-refractivity contribution >= 4 is 0 Å². The molecule has 0 amide bonds. The molecule has 0 radical (unpaired) electrons. The lowest BCUT2D eigenvalue weighted by Crippen LogP contribution is -2.16. The van der Waals surface area contributed by atoms with E-state index in [4.69, 9.17) is 0 Å². The summed E-state index contributed by atoms with van der Waals surface area (Å²) in [7, 11) is 0. The number of aromatic nitrogens is 1. The van der Waals surface area contributed by atoms with E-state index < -0.39 is 0 Å². The van der Waals surface area contributed by atoms with Crippen LogP contribution in [0.4, 0.5) is 0 Å². The van der Waals surface area contributed by atoms with E-state index in [0.29, 0.717) is 5.75 Å². The van der Waals surface area contributed by atoms with Crippen molar-refractivity contribution in [3.63, 3.8) is 0 Å². The topological polar surface area (TPSA) is 37.2 Å². The quantitative estimate of drug-likeness (QED) is 0.767. The number of rotatable bonds is 6. The van der Waals surface area contributed by atoms with E-state index in [1.54, 1.807) is 6.07 Å². The average molecular weight is 244 g/mol. The molecule has 1 heterocycles. The van der Waals surface area contributed by atoms with Crippen molar-refractivity contribution in [1.29, 1.82) is 0 Å². The van der Waals surface area contributed by atoms with Crippen LogP contribution >= 0.6 is 0 Å². The highest BCUT2D eigenvalue weighted by Crippen LogP contribution is 2.13. The smallest absolute Gasteiger partial charge is 0.115 e. The van der Waals surface area contributed by atoms with Crippen molar-refractivity contribution < 1.29 is 5.11 Å². The van der Waals surface area contributed by atoms with Crippen LogP contribution in [0.15, 0.2) is 42.6 Å². The number of benzene rings is 1. The molecule has 0 aliphatic rings. The lowest BCUT2D eigenvalue weighted by Gasteiger charge is -2.10. The van der Waals surface area contributed by atoms with E-state index in [1.165, 1.54) is 5.69 Å². The van der Waals surface area contributed by atoms with Crippen LogP contribution in [0.2, 0.25) is 0 Å². The maximum Gasteiger partial charge on any atom is 0.115 e. The summed E-state index contributed by atoms with van der Waals surface area (Å²) in [5.41, 5.74) is 2.38. The van der Waals surface area contributed by atoms with Crippen molar-refractivity contribution in [3.05, 3.63) is 53.9 Å². The molecule has 0 aliphatic heterocycles. The van der Waals surface area contributed by atoms with Gasteiger partial charge in [0, 0.05) is 25.0 Å². The van der Waals surface area contributed by atoms with E-state index >= 15 is 0 Å². The lowest BCUT2D eigenvalue weighted by atomic mass is 10.2.